The van der Waals surface area contributed by atoms with Crippen LogP contribution in [-0.4, -0.2) is 31.9 Å². The molecule has 0 bridgehead atoms. The van der Waals surface area contributed by atoms with Gasteiger partial charge in [0.25, 0.3) is 0 Å². The Morgan fingerprint density at radius 3 is 2.61 bits per heavy atom. The largest absolute Gasteiger partial charge is 0.418 e. The molecule has 0 spiro atoms. The highest BCUT2D eigenvalue weighted by atomic mass is 32.2. The molecule has 0 fully saturated rings. The van der Waals surface area contributed by atoms with Crippen LogP contribution in [0.1, 0.15) is 16.7 Å². The Hall–Kier alpha value is -2.88. The standard InChI is InChI=1S/C18H16F3N5OS/c1-11-7-8-13(9-12(11)2)26-17(23-24-25-26)28-10-16(27)22-15-6-4-3-5-14(15)18(19,20)21/h3-9H,10H2,1-2H3,(H,22,27). The number of aryl methyl sites for hydroxylation is 2. The first-order valence-corrected chi connectivity index (χ1v) is 9.19. The van der Waals surface area contributed by atoms with Crippen LogP contribution in [0.5, 0.6) is 0 Å². The van der Waals surface area contributed by atoms with Gasteiger partial charge in [-0.3, -0.25) is 4.79 Å². The van der Waals surface area contributed by atoms with Crippen molar-refractivity contribution in [1.82, 2.24) is 20.2 Å². The number of amides is 1. The maximum absolute atomic E-state index is 13.0. The van der Waals surface area contributed by atoms with E-state index in [1.54, 1.807) is 0 Å². The molecule has 6 nitrogen and oxygen atoms in total. The normalized spacial score (nSPS) is 11.5. The highest BCUT2D eigenvalue weighted by Gasteiger charge is 2.33. The number of anilines is 1. The van der Waals surface area contributed by atoms with Crippen LogP contribution in [0.25, 0.3) is 5.69 Å². The third kappa shape index (κ3) is 4.50. The van der Waals surface area contributed by atoms with E-state index in [2.05, 4.69) is 20.8 Å². The second-order valence-electron chi connectivity index (χ2n) is 6.02. The van der Waals surface area contributed by atoms with Gasteiger partial charge in [0.15, 0.2) is 0 Å². The summed E-state index contributed by atoms with van der Waals surface area (Å²) >= 11 is 1.03. The molecular formula is C18H16F3N5OS. The van der Waals surface area contributed by atoms with Gasteiger partial charge in [0.2, 0.25) is 11.1 Å². The molecule has 0 aliphatic carbocycles. The quantitative estimate of drug-likeness (QED) is 0.647. The summed E-state index contributed by atoms with van der Waals surface area (Å²) < 4.78 is 40.5. The number of alkyl halides is 3. The number of nitrogens with one attached hydrogen (secondary N) is 1. The average molecular weight is 407 g/mol. The van der Waals surface area contributed by atoms with E-state index in [1.165, 1.54) is 22.9 Å². The van der Waals surface area contributed by atoms with E-state index in [1.807, 2.05) is 32.0 Å². The number of carbonyl (C=O) groups is 1. The topological polar surface area (TPSA) is 72.7 Å². The van der Waals surface area contributed by atoms with Crippen molar-refractivity contribution in [1.29, 1.82) is 0 Å². The monoisotopic (exact) mass is 407 g/mol. The lowest BCUT2D eigenvalue weighted by Crippen LogP contribution is -2.18. The number of aromatic nitrogens is 4. The summed E-state index contributed by atoms with van der Waals surface area (Å²) in [5.41, 5.74) is 1.74. The number of halogens is 3. The fraction of sp³-hybridized carbons (Fsp3) is 0.222. The molecule has 3 rings (SSSR count). The number of carbonyl (C=O) groups excluding carboxylic acids is 1. The van der Waals surface area contributed by atoms with Gasteiger partial charge in [0.1, 0.15) is 0 Å². The Kier molecular flexibility index (Phi) is 5.68. The highest BCUT2D eigenvalue weighted by Crippen LogP contribution is 2.34. The van der Waals surface area contributed by atoms with E-state index in [4.69, 9.17) is 0 Å². The fourth-order valence-electron chi connectivity index (χ4n) is 2.44. The third-order valence-corrected chi connectivity index (χ3v) is 4.93. The van der Waals surface area contributed by atoms with Crippen LogP contribution in [0.2, 0.25) is 0 Å². The minimum Gasteiger partial charge on any atom is -0.325 e. The molecule has 0 atom stereocenters. The number of benzene rings is 2. The number of nitrogens with zero attached hydrogens (tertiary/aromatic N) is 4. The fourth-order valence-corrected chi connectivity index (χ4v) is 3.13. The molecule has 28 heavy (non-hydrogen) atoms. The smallest absolute Gasteiger partial charge is 0.325 e. The molecule has 0 aliphatic rings. The molecule has 0 saturated heterocycles. The first-order chi connectivity index (χ1) is 13.3. The van der Waals surface area contributed by atoms with Gasteiger partial charge in [0.05, 0.1) is 22.7 Å². The lowest BCUT2D eigenvalue weighted by atomic mass is 10.1. The molecule has 1 heterocycles. The zero-order valence-electron chi connectivity index (χ0n) is 15.0. The lowest BCUT2D eigenvalue weighted by molar-refractivity contribution is -0.137. The van der Waals surface area contributed by atoms with Crippen molar-refractivity contribution in [3.63, 3.8) is 0 Å². The molecule has 1 N–H and O–H groups in total. The summed E-state index contributed by atoms with van der Waals surface area (Å²) in [6.07, 6.45) is -4.55. The van der Waals surface area contributed by atoms with Gasteiger partial charge < -0.3 is 5.32 Å². The second kappa shape index (κ2) is 8.01. The number of tetrazole rings is 1. The van der Waals surface area contributed by atoms with Gasteiger partial charge in [-0.2, -0.15) is 17.9 Å². The van der Waals surface area contributed by atoms with Gasteiger partial charge in [-0.05, 0) is 59.7 Å². The summed E-state index contributed by atoms with van der Waals surface area (Å²) in [5, 5.41) is 14.1. The predicted octanol–water partition coefficient (Wildman–Crippen LogP) is 4.03. The molecule has 146 valence electrons. The van der Waals surface area contributed by atoms with E-state index in [0.717, 1.165) is 34.6 Å². The number of hydrogen-bond donors (Lipinski definition) is 1. The van der Waals surface area contributed by atoms with Crippen LogP contribution in [-0.2, 0) is 11.0 Å². The Morgan fingerprint density at radius 1 is 1.14 bits per heavy atom. The number of rotatable bonds is 5. The van der Waals surface area contributed by atoms with Crippen molar-refractivity contribution in [2.45, 2.75) is 25.2 Å². The SMILES string of the molecule is Cc1ccc(-n2nnnc2SCC(=O)Nc2ccccc2C(F)(F)F)cc1C. The van der Waals surface area contributed by atoms with Gasteiger partial charge in [-0.15, -0.1) is 5.10 Å². The second-order valence-corrected chi connectivity index (χ2v) is 6.96. The summed E-state index contributed by atoms with van der Waals surface area (Å²) in [5.74, 6) is -0.728. The van der Waals surface area contributed by atoms with E-state index >= 15 is 0 Å². The summed E-state index contributed by atoms with van der Waals surface area (Å²) in [4.78, 5) is 12.2. The van der Waals surface area contributed by atoms with Gasteiger partial charge in [-0.1, -0.05) is 30.0 Å². The van der Waals surface area contributed by atoms with Crippen LogP contribution in [0.4, 0.5) is 18.9 Å². The van der Waals surface area contributed by atoms with Crippen LogP contribution in [0.15, 0.2) is 47.6 Å². The molecule has 0 saturated carbocycles. The van der Waals surface area contributed by atoms with E-state index in [-0.39, 0.29) is 11.4 Å². The van der Waals surface area contributed by atoms with Crippen molar-refractivity contribution in [3.05, 3.63) is 59.2 Å². The molecule has 1 amide bonds. The maximum atomic E-state index is 13.0. The van der Waals surface area contributed by atoms with Gasteiger partial charge >= 0.3 is 6.18 Å². The van der Waals surface area contributed by atoms with Crippen molar-refractivity contribution < 1.29 is 18.0 Å². The van der Waals surface area contributed by atoms with E-state index in [9.17, 15) is 18.0 Å². The van der Waals surface area contributed by atoms with Crippen molar-refractivity contribution >= 4 is 23.4 Å². The predicted molar refractivity (Wildman–Crippen MR) is 99.4 cm³/mol. The van der Waals surface area contributed by atoms with E-state index in [0.29, 0.717) is 5.16 Å². The van der Waals surface area contributed by atoms with Crippen LogP contribution >= 0.6 is 11.8 Å². The van der Waals surface area contributed by atoms with Crippen molar-refractivity contribution in [3.8, 4) is 5.69 Å². The lowest BCUT2D eigenvalue weighted by Gasteiger charge is -2.13. The number of thioether (sulfide) groups is 1. The molecule has 0 radical (unpaired) electrons. The minimum atomic E-state index is -4.55. The molecule has 10 heteroatoms. The Bertz CT molecular complexity index is 1000. The van der Waals surface area contributed by atoms with Crippen molar-refractivity contribution in [2.75, 3.05) is 11.1 Å². The first-order valence-electron chi connectivity index (χ1n) is 8.20. The van der Waals surface area contributed by atoms with Crippen molar-refractivity contribution in [2.24, 2.45) is 0 Å². The molecule has 1 aromatic heterocycles. The van der Waals surface area contributed by atoms with Crippen LogP contribution in [0.3, 0.4) is 0 Å². The maximum Gasteiger partial charge on any atom is 0.418 e. The Balaban J connectivity index is 1.70. The molecule has 3 aromatic rings. The minimum absolute atomic E-state index is 0.141. The Morgan fingerprint density at radius 2 is 1.89 bits per heavy atom. The summed E-state index contributed by atoms with van der Waals surface area (Å²) in [6.45, 7) is 3.94. The number of para-hydroxylation sites is 1. The molecule has 0 unspecified atom stereocenters. The Labute approximate surface area is 163 Å². The number of hydrogen-bond acceptors (Lipinski definition) is 5. The van der Waals surface area contributed by atoms with Crippen LogP contribution in [0, 0.1) is 13.8 Å². The van der Waals surface area contributed by atoms with Gasteiger partial charge in [0, 0.05) is 0 Å². The molecule has 0 aliphatic heterocycles. The summed E-state index contributed by atoms with van der Waals surface area (Å²) in [6, 6.07) is 10.5. The first kappa shape index (κ1) is 19.9. The third-order valence-electron chi connectivity index (χ3n) is 4.01. The zero-order valence-corrected chi connectivity index (χ0v) is 15.8. The average Bonchev–Trinajstić information content (AvgIpc) is 3.10. The van der Waals surface area contributed by atoms with Crippen LogP contribution < -0.4 is 5.32 Å². The molecular weight excluding hydrogens is 391 g/mol. The summed E-state index contributed by atoms with van der Waals surface area (Å²) in [7, 11) is 0. The van der Waals surface area contributed by atoms with Gasteiger partial charge in [-0.25, -0.2) is 0 Å². The molecule has 2 aromatic carbocycles. The van der Waals surface area contributed by atoms with E-state index < -0.39 is 17.6 Å². The highest BCUT2D eigenvalue weighted by molar-refractivity contribution is 7.99. The zero-order chi connectivity index (χ0) is 20.3.